The second-order valence-electron chi connectivity index (χ2n) is 5.54. The Labute approximate surface area is 121 Å². The summed E-state index contributed by atoms with van der Waals surface area (Å²) >= 11 is 0. The molecule has 20 heavy (non-hydrogen) atoms. The number of nitrogens with zero attached hydrogens (tertiary/aromatic N) is 1. The Morgan fingerprint density at radius 2 is 1.95 bits per heavy atom. The van der Waals surface area contributed by atoms with Crippen molar-refractivity contribution in [3.8, 4) is 0 Å². The van der Waals surface area contributed by atoms with Crippen molar-refractivity contribution in [2.24, 2.45) is 0 Å². The zero-order valence-electron chi connectivity index (χ0n) is 12.1. The number of aryl methyl sites for hydroxylation is 1. The molecule has 0 aliphatic carbocycles. The highest BCUT2D eigenvalue weighted by Crippen LogP contribution is 2.28. The lowest BCUT2D eigenvalue weighted by atomic mass is 10.0. The first-order chi connectivity index (χ1) is 9.37. The molecule has 0 saturated carbocycles. The van der Waals surface area contributed by atoms with Crippen molar-refractivity contribution in [2.45, 2.75) is 37.1 Å². The highest BCUT2D eigenvalue weighted by molar-refractivity contribution is 7.86. The van der Waals surface area contributed by atoms with Crippen molar-refractivity contribution in [1.29, 1.82) is 0 Å². The second-order valence-corrected chi connectivity index (χ2v) is 7.07. The summed E-state index contributed by atoms with van der Waals surface area (Å²) in [5.74, 6) is 0. The molecule has 2 rings (SSSR count). The third-order valence-corrected chi connectivity index (χ3v) is 5.29. The van der Waals surface area contributed by atoms with E-state index in [9.17, 15) is 8.42 Å². The van der Waals surface area contributed by atoms with Crippen LogP contribution in [-0.2, 0) is 14.4 Å². The van der Waals surface area contributed by atoms with E-state index in [1.165, 1.54) is 0 Å². The molecule has 0 amide bonds. The molecular formula is C15H22NO3S+. The van der Waals surface area contributed by atoms with Crippen LogP contribution in [0.3, 0.4) is 0 Å². The first-order valence-corrected chi connectivity index (χ1v) is 8.29. The van der Waals surface area contributed by atoms with Gasteiger partial charge in [-0.25, -0.2) is 0 Å². The molecule has 2 unspecified atom stereocenters. The summed E-state index contributed by atoms with van der Waals surface area (Å²) in [5, 5.41) is 0. The molecular weight excluding hydrogens is 274 g/mol. The van der Waals surface area contributed by atoms with Crippen molar-refractivity contribution >= 4 is 10.1 Å². The molecule has 1 fully saturated rings. The normalized spacial score (nSPS) is 27.2. The van der Waals surface area contributed by atoms with Crippen LogP contribution >= 0.6 is 0 Å². The van der Waals surface area contributed by atoms with Gasteiger partial charge in [-0.05, 0) is 38.0 Å². The minimum absolute atomic E-state index is 0.0176. The molecule has 1 aliphatic rings. The van der Waals surface area contributed by atoms with Crippen LogP contribution in [-0.4, -0.2) is 32.7 Å². The molecule has 4 nitrogen and oxygen atoms in total. The lowest BCUT2D eigenvalue weighted by Crippen LogP contribution is -2.55. The maximum absolute atomic E-state index is 12.4. The van der Waals surface area contributed by atoms with Crippen LogP contribution < -0.4 is 0 Å². The Bertz CT molecular complexity index is 580. The van der Waals surface area contributed by atoms with E-state index in [1.807, 2.05) is 14.0 Å². The van der Waals surface area contributed by atoms with E-state index in [4.69, 9.17) is 4.28 Å². The van der Waals surface area contributed by atoms with Crippen LogP contribution in [0.25, 0.3) is 0 Å². The number of piperidine rings is 1. The number of hydroxylamine groups is 3. The highest BCUT2D eigenvalue weighted by atomic mass is 32.2. The zero-order valence-corrected chi connectivity index (χ0v) is 12.9. The quantitative estimate of drug-likeness (QED) is 0.634. The fourth-order valence-electron chi connectivity index (χ4n) is 2.62. The number of likely N-dealkylation sites (tertiary alicyclic amines) is 1. The lowest BCUT2D eigenvalue weighted by molar-refractivity contribution is -1.08. The average molecular weight is 296 g/mol. The molecule has 1 aliphatic heterocycles. The van der Waals surface area contributed by atoms with Crippen molar-refractivity contribution < 1.29 is 17.3 Å². The monoisotopic (exact) mass is 296 g/mol. The summed E-state index contributed by atoms with van der Waals surface area (Å²) in [4.78, 5) is 0.204. The minimum atomic E-state index is -3.75. The molecule has 0 bridgehead atoms. The predicted octanol–water partition coefficient (Wildman–Crippen LogP) is 2.80. The summed E-state index contributed by atoms with van der Waals surface area (Å²) < 4.78 is 30.4. The van der Waals surface area contributed by atoms with Crippen LogP contribution in [0.2, 0.25) is 0 Å². The molecule has 110 valence electrons. The van der Waals surface area contributed by atoms with Crippen LogP contribution in [0.1, 0.15) is 24.8 Å². The van der Waals surface area contributed by atoms with Gasteiger partial charge in [-0.1, -0.05) is 28.6 Å². The van der Waals surface area contributed by atoms with E-state index in [0.717, 1.165) is 24.8 Å². The number of hydrogen-bond acceptors (Lipinski definition) is 3. The van der Waals surface area contributed by atoms with Crippen molar-refractivity contribution in [3.63, 3.8) is 0 Å². The van der Waals surface area contributed by atoms with Crippen molar-refractivity contribution in [3.05, 3.63) is 42.5 Å². The fraction of sp³-hybridized carbons (Fsp3) is 0.467. The van der Waals surface area contributed by atoms with Gasteiger partial charge >= 0.3 is 10.1 Å². The Hall–Kier alpha value is -1.17. The zero-order chi connectivity index (χ0) is 14.8. The highest BCUT2D eigenvalue weighted by Gasteiger charge is 2.40. The van der Waals surface area contributed by atoms with E-state index in [-0.39, 0.29) is 15.6 Å². The van der Waals surface area contributed by atoms with Crippen LogP contribution in [0.5, 0.6) is 0 Å². The Morgan fingerprint density at radius 1 is 1.30 bits per heavy atom. The molecule has 2 atom stereocenters. The van der Waals surface area contributed by atoms with Gasteiger partial charge in [-0.15, -0.1) is 0 Å². The Kier molecular flexibility index (Phi) is 4.32. The standard InChI is InChI=1S/C15H22NO3S/c1-4-14-7-5-6-12-16(14,3)19-20(17,18)15-10-8-13(2)9-11-15/h4,8-11,14H,1,5-7,12H2,2-3H3/q+1. The van der Waals surface area contributed by atoms with Gasteiger partial charge in [0.15, 0.2) is 0 Å². The maximum Gasteiger partial charge on any atom is 0.342 e. The molecule has 0 N–H and O–H groups in total. The van der Waals surface area contributed by atoms with E-state index < -0.39 is 10.1 Å². The minimum Gasteiger partial charge on any atom is -0.189 e. The average Bonchev–Trinajstić information content (AvgIpc) is 2.38. The molecule has 0 spiro atoms. The largest absolute Gasteiger partial charge is 0.342 e. The third kappa shape index (κ3) is 3.11. The first kappa shape index (κ1) is 15.2. The summed E-state index contributed by atoms with van der Waals surface area (Å²) in [6, 6.07) is 6.74. The van der Waals surface area contributed by atoms with E-state index in [0.29, 0.717) is 6.54 Å². The second kappa shape index (κ2) is 5.68. The van der Waals surface area contributed by atoms with Crippen molar-refractivity contribution in [2.75, 3.05) is 13.6 Å². The van der Waals surface area contributed by atoms with Gasteiger partial charge in [0.1, 0.15) is 19.6 Å². The topological polar surface area (TPSA) is 43.4 Å². The van der Waals surface area contributed by atoms with Gasteiger partial charge in [0.25, 0.3) is 0 Å². The van der Waals surface area contributed by atoms with Crippen LogP contribution in [0, 0.1) is 6.92 Å². The van der Waals surface area contributed by atoms with Crippen LogP contribution in [0.4, 0.5) is 0 Å². The Balaban J connectivity index is 2.26. The molecule has 0 radical (unpaired) electrons. The first-order valence-electron chi connectivity index (χ1n) is 6.88. The maximum atomic E-state index is 12.4. The molecule has 1 saturated heterocycles. The van der Waals surface area contributed by atoms with Gasteiger partial charge in [0, 0.05) is 6.42 Å². The van der Waals surface area contributed by atoms with Gasteiger partial charge < -0.3 is 0 Å². The van der Waals surface area contributed by atoms with E-state index in [1.54, 1.807) is 30.3 Å². The molecule has 1 aromatic rings. The van der Waals surface area contributed by atoms with Gasteiger partial charge in [0.05, 0.1) is 4.90 Å². The number of benzene rings is 1. The number of hydrogen-bond donors (Lipinski definition) is 0. The summed E-state index contributed by atoms with van der Waals surface area (Å²) in [6.45, 7) is 6.41. The fourth-order valence-corrected chi connectivity index (χ4v) is 3.81. The number of rotatable bonds is 4. The number of likely N-dealkylation sites (N-methyl/N-ethyl adjacent to an activating group) is 1. The molecule has 0 aromatic heterocycles. The molecule has 1 heterocycles. The van der Waals surface area contributed by atoms with Crippen LogP contribution in [0.15, 0.2) is 41.8 Å². The Morgan fingerprint density at radius 3 is 2.55 bits per heavy atom. The smallest absolute Gasteiger partial charge is 0.189 e. The van der Waals surface area contributed by atoms with E-state index in [2.05, 4.69) is 6.58 Å². The third-order valence-electron chi connectivity index (χ3n) is 3.90. The SMILES string of the molecule is C=CC1CCCC[N+]1(C)OS(=O)(=O)c1ccc(C)cc1. The molecule has 1 aromatic carbocycles. The van der Waals surface area contributed by atoms with Gasteiger partial charge in [0.2, 0.25) is 0 Å². The van der Waals surface area contributed by atoms with Gasteiger partial charge in [-0.3, -0.25) is 0 Å². The van der Waals surface area contributed by atoms with Gasteiger partial charge in [-0.2, -0.15) is 13.1 Å². The predicted molar refractivity (Wildman–Crippen MR) is 78.3 cm³/mol. The van der Waals surface area contributed by atoms with Crippen molar-refractivity contribution in [1.82, 2.24) is 0 Å². The van der Waals surface area contributed by atoms with E-state index >= 15 is 0 Å². The summed E-state index contributed by atoms with van der Waals surface area (Å²) in [7, 11) is -1.94. The summed E-state index contributed by atoms with van der Waals surface area (Å²) in [6.07, 6.45) is 4.75. The molecule has 5 heteroatoms. The number of quaternary nitrogens is 1. The lowest BCUT2D eigenvalue weighted by Gasteiger charge is -2.38. The summed E-state index contributed by atoms with van der Waals surface area (Å²) in [5.41, 5.74) is 1.02.